The first kappa shape index (κ1) is 28.2. The van der Waals surface area contributed by atoms with E-state index >= 15 is 0 Å². The van der Waals surface area contributed by atoms with E-state index in [1.165, 1.54) is 4.90 Å². The second-order valence-corrected chi connectivity index (χ2v) is 10.6. The third-order valence-electron chi connectivity index (χ3n) is 5.65. The van der Waals surface area contributed by atoms with Crippen LogP contribution in [0.25, 0.3) is 0 Å². The van der Waals surface area contributed by atoms with Gasteiger partial charge in [0.25, 0.3) is 0 Å². The summed E-state index contributed by atoms with van der Waals surface area (Å²) < 4.78 is 31.9. The van der Waals surface area contributed by atoms with Crippen molar-refractivity contribution in [2.24, 2.45) is 0 Å². The second kappa shape index (κ2) is 12.6. The summed E-state index contributed by atoms with van der Waals surface area (Å²) in [5.41, 5.74) is 2.08. The minimum atomic E-state index is -3.76. The standard InChI is InChI=1S/C26H37N3O5S/c1-7-21-11-9-10-12-24(21)29(35(6,32)33)18-25(30)28(23(8-2)26(31)27-19(3)4)17-20-13-15-22(34-5)16-14-20/h9-16,19,23H,7-8,17-18H2,1-6H3,(H,27,31). The Morgan fingerprint density at radius 3 is 2.17 bits per heavy atom. The number of para-hydroxylation sites is 1. The van der Waals surface area contributed by atoms with Crippen LogP contribution in [0.1, 0.15) is 45.2 Å². The third-order valence-corrected chi connectivity index (χ3v) is 6.78. The van der Waals surface area contributed by atoms with Crippen molar-refractivity contribution in [3.63, 3.8) is 0 Å². The van der Waals surface area contributed by atoms with Crippen LogP contribution < -0.4 is 14.4 Å². The summed E-state index contributed by atoms with van der Waals surface area (Å²) in [6, 6.07) is 13.5. The van der Waals surface area contributed by atoms with E-state index in [4.69, 9.17) is 4.74 Å². The highest BCUT2D eigenvalue weighted by Crippen LogP contribution is 2.24. The fourth-order valence-electron chi connectivity index (χ4n) is 3.88. The van der Waals surface area contributed by atoms with Crippen molar-refractivity contribution in [2.45, 2.75) is 59.2 Å². The average molecular weight is 504 g/mol. The average Bonchev–Trinajstić information content (AvgIpc) is 2.81. The summed E-state index contributed by atoms with van der Waals surface area (Å²) in [6.45, 7) is 7.22. The molecule has 0 aromatic heterocycles. The van der Waals surface area contributed by atoms with Gasteiger partial charge in [0.15, 0.2) is 0 Å². The molecule has 35 heavy (non-hydrogen) atoms. The van der Waals surface area contributed by atoms with E-state index < -0.39 is 28.5 Å². The van der Waals surface area contributed by atoms with E-state index in [0.717, 1.165) is 21.7 Å². The first-order valence-corrected chi connectivity index (χ1v) is 13.6. The number of benzene rings is 2. The van der Waals surface area contributed by atoms with E-state index in [1.54, 1.807) is 31.4 Å². The summed E-state index contributed by atoms with van der Waals surface area (Å²) >= 11 is 0. The maximum Gasteiger partial charge on any atom is 0.244 e. The van der Waals surface area contributed by atoms with Crippen molar-refractivity contribution in [2.75, 3.05) is 24.2 Å². The Balaban J connectivity index is 2.47. The third kappa shape index (κ3) is 7.71. The molecule has 9 heteroatoms. The molecule has 0 saturated carbocycles. The highest BCUT2D eigenvalue weighted by Gasteiger charge is 2.32. The molecule has 0 aliphatic rings. The quantitative estimate of drug-likeness (QED) is 0.479. The van der Waals surface area contributed by atoms with Gasteiger partial charge in [-0.1, -0.05) is 44.2 Å². The Bertz CT molecular complexity index is 1100. The number of rotatable bonds is 12. The zero-order valence-electron chi connectivity index (χ0n) is 21.4. The minimum Gasteiger partial charge on any atom is -0.497 e. The van der Waals surface area contributed by atoms with Crippen LogP contribution in [-0.4, -0.2) is 57.1 Å². The van der Waals surface area contributed by atoms with Crippen molar-refractivity contribution >= 4 is 27.5 Å². The van der Waals surface area contributed by atoms with Crippen molar-refractivity contribution in [1.29, 1.82) is 0 Å². The summed E-state index contributed by atoms with van der Waals surface area (Å²) in [5.74, 6) is -0.0530. The van der Waals surface area contributed by atoms with Crippen LogP contribution >= 0.6 is 0 Å². The summed E-state index contributed by atoms with van der Waals surface area (Å²) in [6.07, 6.45) is 2.08. The molecule has 0 radical (unpaired) electrons. The van der Waals surface area contributed by atoms with Gasteiger partial charge < -0.3 is 15.0 Å². The fourth-order valence-corrected chi connectivity index (χ4v) is 4.76. The Morgan fingerprint density at radius 2 is 1.66 bits per heavy atom. The molecule has 1 N–H and O–H groups in total. The van der Waals surface area contributed by atoms with Crippen LogP contribution in [0.2, 0.25) is 0 Å². The predicted octanol–water partition coefficient (Wildman–Crippen LogP) is 3.36. The second-order valence-electron chi connectivity index (χ2n) is 8.71. The van der Waals surface area contributed by atoms with E-state index in [1.807, 2.05) is 52.0 Å². The van der Waals surface area contributed by atoms with Gasteiger partial charge in [-0.25, -0.2) is 8.42 Å². The molecule has 0 spiro atoms. The Labute approximate surface area is 209 Å². The van der Waals surface area contributed by atoms with Gasteiger partial charge in [0.2, 0.25) is 21.8 Å². The molecule has 1 atom stereocenters. The maximum absolute atomic E-state index is 13.7. The minimum absolute atomic E-state index is 0.0987. The van der Waals surface area contributed by atoms with Gasteiger partial charge in [0.1, 0.15) is 18.3 Å². The number of hydrogen-bond acceptors (Lipinski definition) is 5. The van der Waals surface area contributed by atoms with Gasteiger partial charge in [-0.3, -0.25) is 13.9 Å². The molecule has 0 aliphatic carbocycles. The first-order valence-electron chi connectivity index (χ1n) is 11.8. The number of nitrogens with zero attached hydrogens (tertiary/aromatic N) is 2. The van der Waals surface area contributed by atoms with Crippen molar-refractivity contribution in [1.82, 2.24) is 10.2 Å². The van der Waals surface area contributed by atoms with Crippen molar-refractivity contribution in [3.05, 3.63) is 59.7 Å². The smallest absolute Gasteiger partial charge is 0.244 e. The molecular formula is C26H37N3O5S. The summed E-state index contributed by atoms with van der Waals surface area (Å²) in [7, 11) is -2.19. The molecule has 2 rings (SSSR count). The lowest BCUT2D eigenvalue weighted by atomic mass is 10.1. The molecule has 2 aromatic rings. The van der Waals surface area contributed by atoms with Gasteiger partial charge in [0, 0.05) is 12.6 Å². The number of aryl methyl sites for hydroxylation is 1. The Morgan fingerprint density at radius 1 is 1.03 bits per heavy atom. The number of carbonyl (C=O) groups is 2. The van der Waals surface area contributed by atoms with Crippen molar-refractivity contribution < 1.29 is 22.7 Å². The van der Waals surface area contributed by atoms with E-state index in [9.17, 15) is 18.0 Å². The highest BCUT2D eigenvalue weighted by atomic mass is 32.2. The maximum atomic E-state index is 13.7. The SMILES string of the molecule is CCc1ccccc1N(CC(=O)N(Cc1ccc(OC)cc1)C(CC)C(=O)NC(C)C)S(C)(=O)=O. The molecule has 0 saturated heterocycles. The molecule has 8 nitrogen and oxygen atoms in total. The normalized spacial score (nSPS) is 12.2. The molecule has 0 bridgehead atoms. The molecule has 2 aromatic carbocycles. The predicted molar refractivity (Wildman–Crippen MR) is 139 cm³/mol. The van der Waals surface area contributed by atoms with Crippen LogP contribution in [0.5, 0.6) is 5.75 Å². The summed E-state index contributed by atoms with van der Waals surface area (Å²) in [5, 5.41) is 2.88. The molecular weight excluding hydrogens is 466 g/mol. The number of methoxy groups -OCH3 is 1. The number of hydrogen-bond donors (Lipinski definition) is 1. The monoisotopic (exact) mass is 503 g/mol. The van der Waals surface area contributed by atoms with E-state index in [-0.39, 0.29) is 18.5 Å². The number of ether oxygens (including phenoxy) is 1. The fraction of sp³-hybridized carbons (Fsp3) is 0.462. The lowest BCUT2D eigenvalue weighted by Crippen LogP contribution is -2.53. The van der Waals surface area contributed by atoms with Gasteiger partial charge in [-0.15, -0.1) is 0 Å². The largest absolute Gasteiger partial charge is 0.497 e. The van der Waals surface area contributed by atoms with Gasteiger partial charge >= 0.3 is 0 Å². The Kier molecular flexibility index (Phi) is 10.1. The number of sulfonamides is 1. The van der Waals surface area contributed by atoms with Gasteiger partial charge in [0.05, 0.1) is 19.1 Å². The Hall–Kier alpha value is -3.07. The lowest BCUT2D eigenvalue weighted by Gasteiger charge is -2.33. The van der Waals surface area contributed by atoms with Crippen LogP contribution in [0.15, 0.2) is 48.5 Å². The first-order chi connectivity index (χ1) is 16.5. The highest BCUT2D eigenvalue weighted by molar-refractivity contribution is 7.92. The lowest BCUT2D eigenvalue weighted by molar-refractivity contribution is -0.140. The van der Waals surface area contributed by atoms with Gasteiger partial charge in [-0.2, -0.15) is 0 Å². The number of anilines is 1. The number of amides is 2. The topological polar surface area (TPSA) is 96.0 Å². The van der Waals surface area contributed by atoms with Crippen LogP contribution in [0, 0.1) is 0 Å². The summed E-state index contributed by atoms with van der Waals surface area (Å²) in [4.78, 5) is 28.2. The molecule has 0 heterocycles. The number of nitrogens with one attached hydrogen (secondary N) is 1. The molecule has 192 valence electrons. The van der Waals surface area contributed by atoms with Crippen molar-refractivity contribution in [3.8, 4) is 5.75 Å². The van der Waals surface area contributed by atoms with Crippen LogP contribution in [0.4, 0.5) is 5.69 Å². The molecule has 1 unspecified atom stereocenters. The number of carbonyl (C=O) groups excluding carboxylic acids is 2. The van der Waals surface area contributed by atoms with Crippen LogP contribution in [-0.2, 0) is 32.6 Å². The molecule has 0 aliphatic heterocycles. The molecule has 0 fully saturated rings. The van der Waals surface area contributed by atoms with Crippen LogP contribution in [0.3, 0.4) is 0 Å². The zero-order valence-corrected chi connectivity index (χ0v) is 22.3. The van der Waals surface area contributed by atoms with Gasteiger partial charge in [-0.05, 0) is 56.0 Å². The van der Waals surface area contributed by atoms with E-state index in [2.05, 4.69) is 5.32 Å². The van der Waals surface area contributed by atoms with E-state index in [0.29, 0.717) is 24.3 Å². The zero-order chi connectivity index (χ0) is 26.2. The molecule has 2 amide bonds.